The first kappa shape index (κ1) is 27.2. The molecule has 4 aromatic carbocycles. The van der Waals surface area contributed by atoms with Crippen molar-refractivity contribution in [3.8, 4) is 17.2 Å². The summed E-state index contributed by atoms with van der Waals surface area (Å²) in [5.41, 5.74) is 2.55. The minimum atomic E-state index is -1.40. The maximum atomic E-state index is 15.0. The van der Waals surface area contributed by atoms with Gasteiger partial charge in [0.05, 0.1) is 18.6 Å². The van der Waals surface area contributed by atoms with Crippen LogP contribution in [0.15, 0.2) is 97.2 Å². The van der Waals surface area contributed by atoms with Crippen LogP contribution in [0.2, 0.25) is 0 Å². The largest absolute Gasteiger partial charge is 0.494 e. The van der Waals surface area contributed by atoms with Crippen molar-refractivity contribution < 1.29 is 28.6 Å². The Morgan fingerprint density at radius 2 is 1.67 bits per heavy atom. The van der Waals surface area contributed by atoms with E-state index in [0.29, 0.717) is 46.2 Å². The van der Waals surface area contributed by atoms with E-state index in [-0.39, 0.29) is 24.3 Å². The molecule has 0 aromatic heterocycles. The third-order valence-corrected chi connectivity index (χ3v) is 9.39. The molecule has 0 radical (unpaired) electrons. The number of benzene rings is 4. The molecule has 1 N–H and O–H groups in total. The lowest BCUT2D eigenvalue weighted by molar-refractivity contribution is -0.122. The number of Topliss-reactive ketones (excluding diaryl/α,β-unsaturated/α-hetero) is 2. The molecular weight excluding hydrogens is 568 g/mol. The zero-order chi connectivity index (χ0) is 30.7. The van der Waals surface area contributed by atoms with Crippen LogP contribution in [0.5, 0.6) is 17.2 Å². The molecule has 45 heavy (non-hydrogen) atoms. The van der Waals surface area contributed by atoms with E-state index in [1.54, 1.807) is 42.5 Å². The smallest absolute Gasteiger partial charge is 0.238 e. The summed E-state index contributed by atoms with van der Waals surface area (Å²) in [6.07, 6.45) is 4.67. The number of hydrogen-bond acceptors (Lipinski definition) is 7. The molecule has 8 heteroatoms. The first-order valence-corrected chi connectivity index (χ1v) is 15.2. The minimum Gasteiger partial charge on any atom is -0.494 e. The second-order valence-corrected chi connectivity index (χ2v) is 11.8. The molecule has 4 aliphatic heterocycles. The molecule has 0 saturated carbocycles. The van der Waals surface area contributed by atoms with E-state index in [0.717, 1.165) is 17.5 Å². The average molecular weight is 599 g/mol. The van der Waals surface area contributed by atoms with Crippen molar-refractivity contribution in [2.24, 2.45) is 5.92 Å². The molecule has 1 saturated heterocycles. The van der Waals surface area contributed by atoms with Gasteiger partial charge in [-0.3, -0.25) is 14.4 Å². The lowest BCUT2D eigenvalue weighted by Gasteiger charge is -2.38. The van der Waals surface area contributed by atoms with E-state index < -0.39 is 23.4 Å². The highest BCUT2D eigenvalue weighted by molar-refractivity contribution is 6.16. The molecule has 224 valence electrons. The minimum absolute atomic E-state index is 0.0727. The number of ether oxygens (including phenoxy) is 3. The van der Waals surface area contributed by atoms with Gasteiger partial charge in [-0.25, -0.2) is 0 Å². The van der Waals surface area contributed by atoms with Crippen LogP contribution in [-0.4, -0.2) is 41.8 Å². The summed E-state index contributed by atoms with van der Waals surface area (Å²) in [5, 5.41) is 3.09. The van der Waals surface area contributed by atoms with Gasteiger partial charge in [0.25, 0.3) is 0 Å². The van der Waals surface area contributed by atoms with Crippen molar-refractivity contribution in [2.45, 2.75) is 30.8 Å². The fourth-order valence-corrected chi connectivity index (χ4v) is 7.50. The van der Waals surface area contributed by atoms with Crippen molar-refractivity contribution in [1.29, 1.82) is 0 Å². The van der Waals surface area contributed by atoms with Gasteiger partial charge in [0.1, 0.15) is 17.2 Å². The van der Waals surface area contributed by atoms with Gasteiger partial charge in [-0.2, -0.15) is 0 Å². The summed E-state index contributed by atoms with van der Waals surface area (Å²) in [5.74, 6) is -0.254. The molecule has 4 aromatic rings. The lowest BCUT2D eigenvalue weighted by Crippen LogP contribution is -2.49. The highest BCUT2D eigenvalue weighted by Gasteiger charge is 2.70. The number of ketones is 2. The van der Waals surface area contributed by atoms with Gasteiger partial charge >= 0.3 is 0 Å². The number of nitrogens with zero attached hydrogens (tertiary/aromatic N) is 1. The molecule has 1 fully saturated rings. The Bertz CT molecular complexity index is 1900. The molecule has 4 heterocycles. The highest BCUT2D eigenvalue weighted by atomic mass is 16.7. The monoisotopic (exact) mass is 598 g/mol. The number of amides is 1. The van der Waals surface area contributed by atoms with Crippen molar-refractivity contribution >= 4 is 29.2 Å². The van der Waals surface area contributed by atoms with E-state index in [1.807, 2.05) is 72.6 Å². The number of carbonyl (C=O) groups excluding carboxylic acids is 3. The summed E-state index contributed by atoms with van der Waals surface area (Å²) in [7, 11) is 0. The molecule has 8 rings (SSSR count). The fourth-order valence-electron chi connectivity index (χ4n) is 7.50. The van der Waals surface area contributed by atoms with Gasteiger partial charge in [0.15, 0.2) is 23.1 Å². The van der Waals surface area contributed by atoms with Crippen molar-refractivity contribution in [2.75, 3.05) is 18.7 Å². The quantitative estimate of drug-likeness (QED) is 0.254. The molecule has 0 unspecified atom stereocenters. The second kappa shape index (κ2) is 10.4. The Balaban J connectivity index is 1.35. The SMILES string of the molecule is CCCOc1ccc(C(=O)[C@@H]2[C@@H](C(=O)c3ccc4c(c3)OCO4)N3C=Cc4ccccc4[C@@H]3[C@]23C(=O)Nc2ccccc23)cc1. The van der Waals surface area contributed by atoms with Gasteiger partial charge in [-0.05, 0) is 77.7 Å². The molecule has 0 bridgehead atoms. The first-order chi connectivity index (χ1) is 22.0. The molecule has 4 aliphatic rings. The Morgan fingerprint density at radius 3 is 2.51 bits per heavy atom. The Kier molecular flexibility index (Phi) is 6.27. The lowest BCUT2D eigenvalue weighted by atomic mass is 9.62. The van der Waals surface area contributed by atoms with Gasteiger partial charge in [0, 0.05) is 23.0 Å². The van der Waals surface area contributed by atoms with Crippen LogP contribution in [0.25, 0.3) is 6.08 Å². The van der Waals surface area contributed by atoms with E-state index in [4.69, 9.17) is 14.2 Å². The normalized spacial score (nSPS) is 23.4. The standard InChI is InChI=1S/C37H30N2O6/c1-2-19-43-25-14-11-23(12-15-25)33(40)31-32(34(41)24-13-16-29-30(20-24)45-21-44-29)39-18-17-22-7-3-4-8-26(22)35(39)37(31)27-9-5-6-10-28(27)38-36(37)42/h3-18,20,31-32,35H,2,19,21H2,1H3,(H,38,42)/t31-,32-,35+,37+/m0/s1. The maximum absolute atomic E-state index is 15.0. The van der Waals surface area contributed by atoms with Crippen molar-refractivity contribution in [3.05, 3.63) is 125 Å². The summed E-state index contributed by atoms with van der Waals surface area (Å²) >= 11 is 0. The number of carbonyl (C=O) groups is 3. The summed E-state index contributed by atoms with van der Waals surface area (Å²) in [4.78, 5) is 46.4. The highest BCUT2D eigenvalue weighted by Crippen LogP contribution is 2.62. The number of anilines is 1. The first-order valence-electron chi connectivity index (χ1n) is 15.2. The maximum Gasteiger partial charge on any atom is 0.238 e. The van der Waals surface area contributed by atoms with Crippen LogP contribution in [0.3, 0.4) is 0 Å². The molecule has 1 amide bonds. The van der Waals surface area contributed by atoms with Gasteiger partial charge in [0.2, 0.25) is 12.7 Å². The number of fused-ring (bicyclic) bond motifs is 7. The number of rotatable bonds is 7. The average Bonchev–Trinajstić information content (AvgIpc) is 3.76. The van der Waals surface area contributed by atoms with Crippen LogP contribution in [0, 0.1) is 5.92 Å². The molecule has 4 atom stereocenters. The third kappa shape index (κ3) is 3.94. The van der Waals surface area contributed by atoms with E-state index in [9.17, 15) is 9.59 Å². The van der Waals surface area contributed by atoms with E-state index >= 15 is 4.79 Å². The number of hydrogen-bond donors (Lipinski definition) is 1. The zero-order valence-electron chi connectivity index (χ0n) is 24.6. The number of nitrogens with one attached hydrogen (secondary N) is 1. The van der Waals surface area contributed by atoms with Crippen LogP contribution < -0.4 is 19.5 Å². The van der Waals surface area contributed by atoms with Crippen LogP contribution in [-0.2, 0) is 10.2 Å². The molecular formula is C37H30N2O6. The van der Waals surface area contributed by atoms with E-state index in [1.165, 1.54) is 0 Å². The second-order valence-electron chi connectivity index (χ2n) is 11.8. The van der Waals surface area contributed by atoms with Crippen LogP contribution >= 0.6 is 0 Å². The van der Waals surface area contributed by atoms with Gasteiger partial charge in [-0.1, -0.05) is 49.4 Å². The Morgan fingerprint density at radius 1 is 0.911 bits per heavy atom. The molecule has 1 spiro atoms. The van der Waals surface area contributed by atoms with Crippen molar-refractivity contribution in [3.63, 3.8) is 0 Å². The third-order valence-electron chi connectivity index (χ3n) is 9.39. The van der Waals surface area contributed by atoms with Crippen molar-refractivity contribution in [1.82, 2.24) is 4.90 Å². The van der Waals surface area contributed by atoms with Gasteiger partial charge in [-0.15, -0.1) is 0 Å². The summed E-state index contributed by atoms with van der Waals surface area (Å²) in [6.45, 7) is 2.66. The fraction of sp³-hybridized carbons (Fsp3) is 0.216. The number of para-hydroxylation sites is 1. The topological polar surface area (TPSA) is 94.2 Å². The molecule has 0 aliphatic carbocycles. The zero-order valence-corrected chi connectivity index (χ0v) is 24.6. The van der Waals surface area contributed by atoms with Gasteiger partial charge < -0.3 is 24.4 Å². The van der Waals surface area contributed by atoms with E-state index in [2.05, 4.69) is 5.32 Å². The summed E-state index contributed by atoms with van der Waals surface area (Å²) < 4.78 is 16.9. The predicted molar refractivity (Wildman–Crippen MR) is 168 cm³/mol. The molecule has 8 nitrogen and oxygen atoms in total. The predicted octanol–water partition coefficient (Wildman–Crippen LogP) is 6.19. The summed E-state index contributed by atoms with van der Waals surface area (Å²) in [6, 6.07) is 25.8. The van der Waals surface area contributed by atoms with Crippen LogP contribution in [0.4, 0.5) is 5.69 Å². The Hall–Kier alpha value is -5.37. The Labute approximate surface area is 260 Å². The van der Waals surface area contributed by atoms with Crippen LogP contribution in [0.1, 0.15) is 56.8 Å².